The Morgan fingerprint density at radius 1 is 1.14 bits per heavy atom. The molecule has 1 aromatic rings. The van der Waals surface area contributed by atoms with Crippen molar-refractivity contribution < 1.29 is 9.57 Å². The van der Waals surface area contributed by atoms with E-state index < -0.39 is 0 Å². The first kappa shape index (κ1) is 17.1. The lowest BCUT2D eigenvalue weighted by Gasteiger charge is -2.22. The number of hydrogen-bond donors (Lipinski definition) is 0. The van der Waals surface area contributed by atoms with Crippen molar-refractivity contribution in [3.8, 4) is 5.75 Å². The normalized spacial score (nSPS) is 22.2. The van der Waals surface area contributed by atoms with Gasteiger partial charge in [0.2, 0.25) is 0 Å². The van der Waals surface area contributed by atoms with Crippen LogP contribution in [0.15, 0.2) is 29.4 Å². The highest BCUT2D eigenvalue weighted by Gasteiger charge is 2.24. The summed E-state index contributed by atoms with van der Waals surface area (Å²) in [5.74, 6) is 0.874. The lowest BCUT2D eigenvalue weighted by Crippen LogP contribution is -2.33. The van der Waals surface area contributed by atoms with Crippen LogP contribution in [0.25, 0.3) is 0 Å². The summed E-state index contributed by atoms with van der Waals surface area (Å²) in [5.41, 5.74) is 2.19. The smallest absolute Gasteiger partial charge is 0.145 e. The summed E-state index contributed by atoms with van der Waals surface area (Å²) in [5, 5.41) is 4.28. The van der Waals surface area contributed by atoms with Gasteiger partial charge in [-0.1, -0.05) is 18.0 Å². The minimum absolute atomic E-state index is 0. The first-order chi connectivity index (χ1) is 10.3. The lowest BCUT2D eigenvalue weighted by molar-refractivity contribution is 0.0535. The zero-order chi connectivity index (χ0) is 14.5. The quantitative estimate of drug-likeness (QED) is 0.850. The average Bonchev–Trinajstić information content (AvgIpc) is 2.83. The molecule has 1 unspecified atom stereocenters. The van der Waals surface area contributed by atoms with E-state index in [4.69, 9.17) is 9.57 Å². The Labute approximate surface area is 138 Å². The second-order valence-electron chi connectivity index (χ2n) is 5.91. The summed E-state index contributed by atoms with van der Waals surface area (Å²) in [6.07, 6.45) is 6.49. The lowest BCUT2D eigenvalue weighted by atomic mass is 10.0. The zero-order valence-electron chi connectivity index (χ0n) is 13.2. The molecule has 0 bridgehead atoms. The third-order valence-corrected chi connectivity index (χ3v) is 4.32. The third-order valence-electron chi connectivity index (χ3n) is 4.32. The molecule has 0 aliphatic carbocycles. The fourth-order valence-corrected chi connectivity index (χ4v) is 3.09. The van der Waals surface area contributed by atoms with Gasteiger partial charge in [0.15, 0.2) is 0 Å². The highest BCUT2D eigenvalue weighted by Crippen LogP contribution is 2.21. The Morgan fingerprint density at radius 3 is 2.45 bits per heavy atom. The molecule has 0 aromatic heterocycles. The number of benzene rings is 1. The minimum Gasteiger partial charge on any atom is -0.497 e. The molecule has 4 nitrogen and oxygen atoms in total. The predicted molar refractivity (Wildman–Crippen MR) is 91.2 cm³/mol. The Morgan fingerprint density at radius 2 is 1.82 bits per heavy atom. The van der Waals surface area contributed by atoms with E-state index in [2.05, 4.69) is 22.2 Å². The van der Waals surface area contributed by atoms with Gasteiger partial charge in [-0.15, -0.1) is 12.4 Å². The van der Waals surface area contributed by atoms with Crippen molar-refractivity contribution in [3.63, 3.8) is 0 Å². The SMILES string of the molecule is COc1ccc(C2=NOC(CN3CCCCCC3)C2)cc1.Cl. The van der Waals surface area contributed by atoms with Crippen LogP contribution in [-0.4, -0.2) is 43.5 Å². The van der Waals surface area contributed by atoms with Crippen molar-refractivity contribution in [2.75, 3.05) is 26.7 Å². The second-order valence-corrected chi connectivity index (χ2v) is 5.91. The molecule has 1 saturated heterocycles. The molecule has 0 radical (unpaired) electrons. The molecule has 0 N–H and O–H groups in total. The average molecular weight is 325 g/mol. The van der Waals surface area contributed by atoms with Crippen molar-refractivity contribution >= 4 is 18.1 Å². The Kier molecular flexibility index (Phi) is 6.52. The van der Waals surface area contributed by atoms with Crippen molar-refractivity contribution in [2.45, 2.75) is 38.2 Å². The maximum Gasteiger partial charge on any atom is 0.145 e. The van der Waals surface area contributed by atoms with Crippen LogP contribution in [0.4, 0.5) is 0 Å². The van der Waals surface area contributed by atoms with Crippen molar-refractivity contribution in [3.05, 3.63) is 29.8 Å². The van der Waals surface area contributed by atoms with Crippen LogP contribution < -0.4 is 4.74 Å². The molecule has 2 aliphatic heterocycles. The molecule has 22 heavy (non-hydrogen) atoms. The number of ether oxygens (including phenoxy) is 1. The number of hydrogen-bond acceptors (Lipinski definition) is 4. The van der Waals surface area contributed by atoms with Crippen molar-refractivity contribution in [2.24, 2.45) is 5.16 Å². The van der Waals surface area contributed by atoms with Gasteiger partial charge in [-0.05, 0) is 55.8 Å². The van der Waals surface area contributed by atoms with Crippen LogP contribution in [0.1, 0.15) is 37.7 Å². The fourth-order valence-electron chi connectivity index (χ4n) is 3.09. The molecule has 1 atom stereocenters. The maximum atomic E-state index is 5.64. The minimum atomic E-state index is 0. The van der Waals surface area contributed by atoms with Gasteiger partial charge in [0.25, 0.3) is 0 Å². The van der Waals surface area contributed by atoms with Gasteiger partial charge >= 0.3 is 0 Å². The van der Waals surface area contributed by atoms with E-state index in [1.165, 1.54) is 38.8 Å². The van der Waals surface area contributed by atoms with Gasteiger partial charge in [-0.3, -0.25) is 4.90 Å². The van der Waals surface area contributed by atoms with Crippen LogP contribution in [0.3, 0.4) is 0 Å². The first-order valence-corrected chi connectivity index (χ1v) is 7.94. The summed E-state index contributed by atoms with van der Waals surface area (Å²) >= 11 is 0. The van der Waals surface area contributed by atoms with Crippen LogP contribution in [0.2, 0.25) is 0 Å². The third kappa shape index (κ3) is 4.37. The number of nitrogens with zero attached hydrogens (tertiary/aromatic N) is 2. The van der Waals surface area contributed by atoms with E-state index >= 15 is 0 Å². The zero-order valence-corrected chi connectivity index (χ0v) is 14.0. The van der Waals surface area contributed by atoms with Crippen LogP contribution in [0.5, 0.6) is 5.75 Å². The molecule has 2 heterocycles. The Bertz CT molecular complexity index is 482. The summed E-state index contributed by atoms with van der Waals surface area (Å²) in [4.78, 5) is 8.17. The Hall–Kier alpha value is -1.26. The van der Waals surface area contributed by atoms with E-state index in [1.807, 2.05) is 12.1 Å². The second kappa shape index (κ2) is 8.39. The molecular weight excluding hydrogens is 300 g/mol. The Balaban J connectivity index is 0.00000176. The monoisotopic (exact) mass is 324 g/mol. The topological polar surface area (TPSA) is 34.1 Å². The van der Waals surface area contributed by atoms with Crippen molar-refractivity contribution in [1.82, 2.24) is 4.90 Å². The van der Waals surface area contributed by atoms with Gasteiger partial charge < -0.3 is 9.57 Å². The highest BCUT2D eigenvalue weighted by molar-refractivity contribution is 6.01. The summed E-state index contributed by atoms with van der Waals surface area (Å²) in [6.45, 7) is 3.42. The molecule has 5 heteroatoms. The summed E-state index contributed by atoms with van der Waals surface area (Å²) < 4.78 is 5.19. The number of oxime groups is 1. The largest absolute Gasteiger partial charge is 0.497 e. The van der Waals surface area contributed by atoms with E-state index in [0.717, 1.165) is 30.0 Å². The molecule has 3 rings (SSSR count). The van der Waals surface area contributed by atoms with Gasteiger partial charge in [-0.25, -0.2) is 0 Å². The van der Waals surface area contributed by atoms with Gasteiger partial charge in [0.1, 0.15) is 11.9 Å². The van der Waals surface area contributed by atoms with E-state index in [-0.39, 0.29) is 18.5 Å². The van der Waals surface area contributed by atoms with E-state index in [9.17, 15) is 0 Å². The van der Waals surface area contributed by atoms with Crippen LogP contribution >= 0.6 is 12.4 Å². The standard InChI is InChI=1S/C17H24N2O2.ClH/c1-20-15-8-6-14(7-9-15)17-12-16(21-18-17)13-19-10-4-2-3-5-11-19;/h6-9,16H,2-5,10-13H2,1H3;1H. The van der Waals surface area contributed by atoms with E-state index in [1.54, 1.807) is 7.11 Å². The van der Waals surface area contributed by atoms with Gasteiger partial charge in [-0.2, -0.15) is 0 Å². The molecule has 1 aromatic carbocycles. The number of halogens is 1. The van der Waals surface area contributed by atoms with Gasteiger partial charge in [0, 0.05) is 13.0 Å². The molecule has 0 saturated carbocycles. The molecule has 2 aliphatic rings. The number of methoxy groups -OCH3 is 1. The van der Waals surface area contributed by atoms with E-state index in [0.29, 0.717) is 0 Å². The molecule has 1 fully saturated rings. The predicted octanol–water partition coefficient (Wildman–Crippen LogP) is 3.49. The fraction of sp³-hybridized carbons (Fsp3) is 0.588. The molecule has 122 valence electrons. The van der Waals surface area contributed by atoms with Gasteiger partial charge in [0.05, 0.1) is 12.8 Å². The molecular formula is C17H25ClN2O2. The maximum absolute atomic E-state index is 5.64. The summed E-state index contributed by atoms with van der Waals surface area (Å²) in [7, 11) is 1.68. The highest BCUT2D eigenvalue weighted by atomic mass is 35.5. The first-order valence-electron chi connectivity index (χ1n) is 7.94. The van der Waals surface area contributed by atoms with Crippen LogP contribution in [0, 0.1) is 0 Å². The molecule has 0 spiro atoms. The molecule has 0 amide bonds. The number of rotatable bonds is 4. The number of likely N-dealkylation sites (tertiary alicyclic amines) is 1. The van der Waals surface area contributed by atoms with Crippen LogP contribution in [-0.2, 0) is 4.84 Å². The summed E-state index contributed by atoms with van der Waals surface area (Å²) in [6, 6.07) is 8.05. The van der Waals surface area contributed by atoms with Crippen molar-refractivity contribution in [1.29, 1.82) is 0 Å².